The van der Waals surface area contributed by atoms with Crippen LogP contribution in [-0.4, -0.2) is 48.6 Å². The third kappa shape index (κ3) is 4.09. The van der Waals surface area contributed by atoms with E-state index in [9.17, 15) is 4.79 Å². The predicted molar refractivity (Wildman–Crippen MR) is 112 cm³/mol. The van der Waals surface area contributed by atoms with Crippen molar-refractivity contribution in [1.29, 1.82) is 0 Å². The van der Waals surface area contributed by atoms with Gasteiger partial charge in [-0.25, -0.2) is 4.99 Å². The predicted octanol–water partition coefficient (Wildman–Crippen LogP) is 4.37. The van der Waals surface area contributed by atoms with Gasteiger partial charge in [0.25, 0.3) is 5.91 Å². The molecule has 0 aliphatic carbocycles. The Morgan fingerprint density at radius 2 is 1.96 bits per heavy atom. The molecule has 1 aliphatic heterocycles. The highest BCUT2D eigenvalue weighted by Crippen LogP contribution is 2.34. The maximum absolute atomic E-state index is 13.4. The van der Waals surface area contributed by atoms with E-state index in [0.717, 1.165) is 5.75 Å². The van der Waals surface area contributed by atoms with Crippen molar-refractivity contribution in [2.45, 2.75) is 19.9 Å². The summed E-state index contributed by atoms with van der Waals surface area (Å²) < 4.78 is 16.3. The molecule has 0 aromatic heterocycles. The maximum Gasteiger partial charge on any atom is 0.264 e. The summed E-state index contributed by atoms with van der Waals surface area (Å²) in [7, 11) is 3.12. The summed E-state index contributed by atoms with van der Waals surface area (Å²) in [6, 6.07) is 12.8. The normalized spacial score (nSPS) is 17.6. The number of carbonyl (C=O) groups excluding carboxylic acids is 1. The maximum atomic E-state index is 13.4. The van der Waals surface area contributed by atoms with E-state index in [4.69, 9.17) is 19.2 Å². The van der Waals surface area contributed by atoms with Crippen LogP contribution in [0.1, 0.15) is 24.2 Å². The Kier molecular flexibility index (Phi) is 6.46. The Bertz CT molecular complexity index is 884. The van der Waals surface area contributed by atoms with Gasteiger partial charge in [0.15, 0.2) is 5.17 Å². The first-order chi connectivity index (χ1) is 13.6. The van der Waals surface area contributed by atoms with Crippen LogP contribution in [0.4, 0.5) is 5.69 Å². The van der Waals surface area contributed by atoms with E-state index < -0.39 is 0 Å². The first-order valence-corrected chi connectivity index (χ1v) is 10.1. The number of benzene rings is 2. The van der Waals surface area contributed by atoms with Crippen LogP contribution in [0.25, 0.3) is 0 Å². The van der Waals surface area contributed by atoms with Gasteiger partial charge in [0, 0.05) is 11.8 Å². The summed E-state index contributed by atoms with van der Waals surface area (Å²) in [5.41, 5.74) is 1.15. The van der Waals surface area contributed by atoms with Gasteiger partial charge < -0.3 is 14.2 Å². The van der Waals surface area contributed by atoms with Gasteiger partial charge in [0.05, 0.1) is 26.4 Å². The van der Waals surface area contributed by atoms with E-state index in [0.29, 0.717) is 40.3 Å². The Hall–Kier alpha value is -2.67. The van der Waals surface area contributed by atoms with Crippen molar-refractivity contribution in [3.8, 4) is 17.2 Å². The summed E-state index contributed by atoms with van der Waals surface area (Å²) in [5, 5.41) is 0.648. The fourth-order valence-electron chi connectivity index (χ4n) is 2.94. The lowest BCUT2D eigenvalue weighted by Crippen LogP contribution is -2.37. The molecule has 1 amide bonds. The fraction of sp³-hybridized carbons (Fsp3) is 0.333. The molecule has 0 bridgehead atoms. The number of thioether (sulfide) groups is 1. The second kappa shape index (κ2) is 9.01. The standard InChI is InChI=1S/C21H24N2O4S/c1-5-27-19-9-7-6-8-17(19)22-21-23(14(2)13-28-21)20(24)16-12-15(25-3)10-11-18(16)26-4/h6-12,14H,5,13H2,1-4H3. The molecule has 0 spiro atoms. The number of amides is 1. The summed E-state index contributed by atoms with van der Waals surface area (Å²) >= 11 is 1.55. The van der Waals surface area contributed by atoms with Crippen molar-refractivity contribution in [3.05, 3.63) is 48.0 Å². The molecule has 2 aromatic rings. The lowest BCUT2D eigenvalue weighted by atomic mass is 10.1. The number of para-hydroxylation sites is 2. The Morgan fingerprint density at radius 3 is 2.68 bits per heavy atom. The van der Waals surface area contributed by atoms with Gasteiger partial charge in [-0.3, -0.25) is 9.69 Å². The first-order valence-electron chi connectivity index (χ1n) is 9.08. The first kappa shape index (κ1) is 20.1. The van der Waals surface area contributed by atoms with Crippen LogP contribution < -0.4 is 14.2 Å². The number of amidine groups is 1. The van der Waals surface area contributed by atoms with Gasteiger partial charge in [-0.05, 0) is 44.2 Å². The number of carbonyl (C=O) groups is 1. The second-order valence-electron chi connectivity index (χ2n) is 6.20. The zero-order valence-electron chi connectivity index (χ0n) is 16.5. The van der Waals surface area contributed by atoms with Crippen LogP contribution >= 0.6 is 11.8 Å². The van der Waals surface area contributed by atoms with Crippen molar-refractivity contribution >= 4 is 28.5 Å². The number of methoxy groups -OCH3 is 2. The SMILES string of the molecule is CCOc1ccccc1N=C1SCC(C)N1C(=O)c1cc(OC)ccc1OC. The molecule has 2 aromatic carbocycles. The van der Waals surface area contributed by atoms with Crippen LogP contribution in [0.15, 0.2) is 47.5 Å². The number of ether oxygens (including phenoxy) is 3. The number of rotatable bonds is 6. The summed E-state index contributed by atoms with van der Waals surface area (Å²) in [4.78, 5) is 19.8. The molecule has 1 aliphatic rings. The van der Waals surface area contributed by atoms with Crippen LogP contribution in [-0.2, 0) is 0 Å². The minimum atomic E-state index is -0.166. The van der Waals surface area contributed by atoms with Crippen molar-refractivity contribution in [3.63, 3.8) is 0 Å². The van der Waals surface area contributed by atoms with Crippen LogP contribution in [0.5, 0.6) is 17.2 Å². The highest BCUT2D eigenvalue weighted by Gasteiger charge is 2.34. The molecule has 0 radical (unpaired) electrons. The van der Waals surface area contributed by atoms with Gasteiger partial charge in [0.1, 0.15) is 22.9 Å². The van der Waals surface area contributed by atoms with Gasteiger partial charge in [-0.1, -0.05) is 23.9 Å². The van der Waals surface area contributed by atoms with Crippen LogP contribution in [0.3, 0.4) is 0 Å². The summed E-state index contributed by atoms with van der Waals surface area (Å²) in [6.07, 6.45) is 0. The average molecular weight is 401 g/mol. The summed E-state index contributed by atoms with van der Waals surface area (Å²) in [5.74, 6) is 2.41. The molecule has 0 saturated carbocycles. The molecule has 148 valence electrons. The quantitative estimate of drug-likeness (QED) is 0.721. The van der Waals surface area contributed by atoms with Gasteiger partial charge in [-0.15, -0.1) is 0 Å². The molecule has 1 fully saturated rings. The van der Waals surface area contributed by atoms with Crippen LogP contribution in [0.2, 0.25) is 0 Å². The van der Waals surface area contributed by atoms with Crippen LogP contribution in [0, 0.1) is 0 Å². The van der Waals surface area contributed by atoms with E-state index >= 15 is 0 Å². The molecule has 1 unspecified atom stereocenters. The largest absolute Gasteiger partial charge is 0.497 e. The molecular weight excluding hydrogens is 376 g/mol. The number of nitrogens with zero attached hydrogens (tertiary/aromatic N) is 2. The molecule has 6 nitrogen and oxygen atoms in total. The monoisotopic (exact) mass is 400 g/mol. The molecule has 1 saturated heterocycles. The Morgan fingerprint density at radius 1 is 1.18 bits per heavy atom. The Balaban J connectivity index is 1.99. The zero-order valence-corrected chi connectivity index (χ0v) is 17.3. The van der Waals surface area contributed by atoms with Gasteiger partial charge >= 0.3 is 0 Å². The van der Waals surface area contributed by atoms with E-state index in [-0.39, 0.29) is 11.9 Å². The number of hydrogen-bond donors (Lipinski definition) is 0. The highest BCUT2D eigenvalue weighted by molar-refractivity contribution is 8.14. The van der Waals surface area contributed by atoms with Crippen molar-refractivity contribution < 1.29 is 19.0 Å². The molecule has 1 heterocycles. The average Bonchev–Trinajstić information content (AvgIpc) is 3.08. The topological polar surface area (TPSA) is 60.4 Å². The smallest absolute Gasteiger partial charge is 0.264 e. The van der Waals surface area contributed by atoms with Gasteiger partial charge in [0.2, 0.25) is 0 Å². The highest BCUT2D eigenvalue weighted by atomic mass is 32.2. The second-order valence-corrected chi connectivity index (χ2v) is 7.18. The Labute approximate surface area is 169 Å². The fourth-order valence-corrected chi connectivity index (χ4v) is 4.05. The minimum absolute atomic E-state index is 0.00594. The van der Waals surface area contributed by atoms with Crippen molar-refractivity contribution in [2.75, 3.05) is 26.6 Å². The van der Waals surface area contributed by atoms with Gasteiger partial charge in [-0.2, -0.15) is 0 Å². The van der Waals surface area contributed by atoms with E-state index in [2.05, 4.69) is 0 Å². The zero-order chi connectivity index (χ0) is 20.1. The van der Waals surface area contributed by atoms with E-state index in [1.165, 1.54) is 0 Å². The molecule has 7 heteroatoms. The van der Waals surface area contributed by atoms with E-state index in [1.54, 1.807) is 49.1 Å². The third-order valence-electron chi connectivity index (χ3n) is 4.34. The molecule has 3 rings (SSSR count). The van der Waals surface area contributed by atoms with Crippen molar-refractivity contribution in [2.24, 2.45) is 4.99 Å². The minimum Gasteiger partial charge on any atom is -0.497 e. The summed E-state index contributed by atoms with van der Waals surface area (Å²) in [6.45, 7) is 4.49. The molecule has 1 atom stereocenters. The van der Waals surface area contributed by atoms with Crippen molar-refractivity contribution in [1.82, 2.24) is 4.90 Å². The lowest BCUT2D eigenvalue weighted by molar-refractivity contribution is 0.0825. The number of aliphatic imine (C=N–C) groups is 1. The number of hydrogen-bond acceptors (Lipinski definition) is 6. The molecule has 28 heavy (non-hydrogen) atoms. The molecule has 0 N–H and O–H groups in total. The van der Waals surface area contributed by atoms with E-state index in [1.807, 2.05) is 38.1 Å². The molecular formula is C21H24N2O4S. The lowest BCUT2D eigenvalue weighted by Gasteiger charge is -2.22. The third-order valence-corrected chi connectivity index (χ3v) is 5.53.